The quantitative estimate of drug-likeness (QED) is 0.393. The molecule has 0 unspecified atom stereocenters. The average Bonchev–Trinajstić information content (AvgIpc) is 2.90. The van der Waals surface area contributed by atoms with E-state index in [2.05, 4.69) is 0 Å². The number of carboxylic acids is 1. The van der Waals surface area contributed by atoms with Crippen molar-refractivity contribution in [2.75, 3.05) is 6.61 Å². The summed E-state index contributed by atoms with van der Waals surface area (Å²) >= 11 is 0. The monoisotopic (exact) mass is 282 g/mol. The molecule has 2 fully saturated rings. The van der Waals surface area contributed by atoms with Gasteiger partial charge in [-0.2, -0.15) is 0 Å². The number of carbonyl (C=O) groups is 1. The van der Waals surface area contributed by atoms with E-state index in [9.17, 15) is 4.79 Å². The van der Waals surface area contributed by atoms with Crippen molar-refractivity contribution in [1.82, 2.24) is 0 Å². The molecule has 0 spiro atoms. The Morgan fingerprint density at radius 3 is 1.63 bits per heavy atom. The zero-order valence-corrected chi connectivity index (χ0v) is 11.3. The Labute approximate surface area is 139 Å². The van der Waals surface area contributed by atoms with Gasteiger partial charge in [-0.05, 0) is 25.7 Å². The van der Waals surface area contributed by atoms with Crippen LogP contribution < -0.4 is 30.3 Å². The van der Waals surface area contributed by atoms with Crippen molar-refractivity contribution < 1.29 is 35.3 Å². The first-order chi connectivity index (χ1) is 7.92. The van der Waals surface area contributed by atoms with Gasteiger partial charge in [-0.15, -0.1) is 0 Å². The number of nitrogens with two attached hydrogens (primary N) is 2. The number of hydrogen-bond acceptors (Lipinski definition) is 4. The maximum Gasteiger partial charge on any atom is 1.00 e. The smallest absolute Gasteiger partial charge is 1.00 e. The van der Waals surface area contributed by atoms with Gasteiger partial charge in [-0.3, -0.25) is 4.79 Å². The van der Waals surface area contributed by atoms with Crippen LogP contribution in [-0.4, -0.2) is 51.2 Å². The molecule has 0 atom stereocenters. The molecule has 0 radical (unpaired) electrons. The van der Waals surface area contributed by atoms with Crippen LogP contribution in [0.4, 0.5) is 0 Å². The van der Waals surface area contributed by atoms with E-state index in [0.717, 1.165) is 25.7 Å². The van der Waals surface area contributed by atoms with Crippen molar-refractivity contribution in [2.45, 2.75) is 62.4 Å². The molecule has 6 N–H and O–H groups in total. The van der Waals surface area contributed by atoms with Crippen molar-refractivity contribution in [1.29, 1.82) is 0 Å². The Hall–Kier alpha value is 0.480. The fourth-order valence-electron chi connectivity index (χ4n) is 2.46. The Morgan fingerprint density at radius 2 is 1.42 bits per heavy atom. The molecule has 0 aromatic carbocycles. The van der Waals surface area contributed by atoms with Crippen molar-refractivity contribution in [3.63, 3.8) is 0 Å². The van der Waals surface area contributed by atoms with Gasteiger partial charge in [-0.25, -0.2) is 0 Å². The zero-order valence-electron chi connectivity index (χ0n) is 12.3. The molecular formula is C12H28AlLiN2O3. The largest absolute Gasteiger partial charge is 1.00 e. The van der Waals surface area contributed by atoms with Crippen LogP contribution in [-0.2, 0) is 4.79 Å². The van der Waals surface area contributed by atoms with E-state index in [1.54, 1.807) is 0 Å². The van der Waals surface area contributed by atoms with Crippen LogP contribution in [0.25, 0.3) is 0 Å². The van der Waals surface area contributed by atoms with Crippen LogP contribution >= 0.6 is 0 Å². The molecule has 5 nitrogen and oxygen atoms in total. The van der Waals surface area contributed by atoms with Crippen LogP contribution in [0.1, 0.15) is 52.8 Å². The van der Waals surface area contributed by atoms with E-state index < -0.39 is 11.5 Å². The molecule has 2 aliphatic rings. The predicted molar refractivity (Wildman–Crippen MR) is 76.5 cm³/mol. The molecule has 19 heavy (non-hydrogen) atoms. The molecule has 2 rings (SSSR count). The summed E-state index contributed by atoms with van der Waals surface area (Å²) < 4.78 is 0. The molecule has 2 aliphatic carbocycles. The van der Waals surface area contributed by atoms with Crippen molar-refractivity contribution in [3.8, 4) is 0 Å². The molecule has 7 heteroatoms. The van der Waals surface area contributed by atoms with E-state index in [4.69, 9.17) is 21.7 Å². The molecule has 0 aromatic rings. The fraction of sp³-hybridized carbons (Fsp3) is 0.917. The minimum absolute atomic E-state index is 0. The first-order valence-corrected chi connectivity index (χ1v) is 6.34. The second-order valence-corrected chi connectivity index (χ2v) is 5.40. The Kier molecular flexibility index (Phi) is 10.8. The Balaban J connectivity index is -0.000000252. The van der Waals surface area contributed by atoms with Crippen molar-refractivity contribution in [2.24, 2.45) is 11.5 Å². The standard InChI is InChI=1S/C6H11NO2.C6H13NO.Al.Li.4H/c7-6(5(8)9)3-1-2-4-6;7-6(5-8)3-1-2-4-6;;;;;;/h1-4,7H2,(H,8,9);8H,1-5,7H2;;;;;;/q;;;+1;;;;-1. The third-order valence-electron chi connectivity index (χ3n) is 3.84. The van der Waals surface area contributed by atoms with Gasteiger partial charge in [-0.1, -0.05) is 25.7 Å². The van der Waals surface area contributed by atoms with E-state index in [1.807, 2.05) is 0 Å². The van der Waals surface area contributed by atoms with Crippen LogP contribution in [0.2, 0.25) is 0 Å². The zero-order chi connectivity index (χ0) is 12.9. The molecule has 0 bridgehead atoms. The fourth-order valence-corrected chi connectivity index (χ4v) is 2.46. The van der Waals surface area contributed by atoms with Crippen molar-refractivity contribution in [3.05, 3.63) is 0 Å². The minimum Gasteiger partial charge on any atom is -1.00 e. The van der Waals surface area contributed by atoms with Crippen LogP contribution in [0.15, 0.2) is 0 Å². The van der Waals surface area contributed by atoms with Gasteiger partial charge in [0.05, 0.1) is 6.61 Å². The number of aliphatic hydroxyl groups excluding tert-OH is 1. The summed E-state index contributed by atoms with van der Waals surface area (Å²) in [4.78, 5) is 10.4. The predicted octanol–water partition coefficient (Wildman–Crippen LogP) is -3.47. The average molecular weight is 282 g/mol. The number of hydrogen-bond donors (Lipinski definition) is 4. The van der Waals surface area contributed by atoms with Crippen molar-refractivity contribution >= 4 is 23.3 Å². The first-order valence-electron chi connectivity index (χ1n) is 6.34. The SMILES string of the molecule is NC1(C(=O)O)CCCC1.NC1(CO)CCCC1.[AlH3].[H-].[Li+]. The van der Waals surface area contributed by atoms with Crippen LogP contribution in [0, 0.1) is 0 Å². The summed E-state index contributed by atoms with van der Waals surface area (Å²) in [5.74, 6) is -0.847. The maximum atomic E-state index is 10.4. The number of aliphatic carboxylic acids is 1. The Bertz CT molecular complexity index is 273. The van der Waals surface area contributed by atoms with E-state index >= 15 is 0 Å². The molecule has 108 valence electrons. The molecule has 2 saturated carbocycles. The van der Waals surface area contributed by atoms with Gasteiger partial charge >= 0.3 is 24.8 Å². The van der Waals surface area contributed by atoms with E-state index in [-0.39, 0.29) is 49.8 Å². The summed E-state index contributed by atoms with van der Waals surface area (Å²) in [5.41, 5.74) is 10.1. The molecule has 0 heterocycles. The van der Waals surface area contributed by atoms with E-state index in [0.29, 0.717) is 12.8 Å². The van der Waals surface area contributed by atoms with Gasteiger partial charge in [0.2, 0.25) is 0 Å². The summed E-state index contributed by atoms with van der Waals surface area (Å²) in [6.45, 7) is 0.160. The second-order valence-electron chi connectivity index (χ2n) is 5.40. The summed E-state index contributed by atoms with van der Waals surface area (Å²) in [5, 5.41) is 17.2. The molecular weight excluding hydrogens is 254 g/mol. The van der Waals surface area contributed by atoms with Crippen LogP contribution in [0.3, 0.4) is 0 Å². The normalized spacial score (nSPS) is 22.5. The van der Waals surface area contributed by atoms with Gasteiger partial charge in [0.25, 0.3) is 0 Å². The first kappa shape index (κ1) is 21.8. The second kappa shape index (κ2) is 9.42. The molecule has 0 aliphatic heterocycles. The Morgan fingerprint density at radius 1 is 1.05 bits per heavy atom. The number of carboxylic acid groups (broad SMARTS) is 1. The van der Waals surface area contributed by atoms with Gasteiger partial charge in [0, 0.05) is 5.54 Å². The summed E-state index contributed by atoms with van der Waals surface area (Å²) in [6.07, 6.45) is 7.59. The van der Waals surface area contributed by atoms with Gasteiger partial charge < -0.3 is 23.1 Å². The third-order valence-corrected chi connectivity index (χ3v) is 3.84. The maximum absolute atomic E-state index is 10.4. The third kappa shape index (κ3) is 6.65. The topological polar surface area (TPSA) is 110 Å². The van der Waals surface area contributed by atoms with Gasteiger partial charge in [0.1, 0.15) is 5.54 Å². The molecule has 0 amide bonds. The summed E-state index contributed by atoms with van der Waals surface area (Å²) in [7, 11) is 0. The van der Waals surface area contributed by atoms with E-state index in [1.165, 1.54) is 12.8 Å². The molecule has 0 aromatic heterocycles. The van der Waals surface area contributed by atoms with Crippen LogP contribution in [0.5, 0.6) is 0 Å². The number of aliphatic hydroxyl groups is 1. The summed E-state index contributed by atoms with van der Waals surface area (Å²) in [6, 6.07) is 0. The molecule has 0 saturated heterocycles. The number of rotatable bonds is 2. The minimum atomic E-state index is -0.889. The van der Waals surface area contributed by atoms with Gasteiger partial charge in [0.15, 0.2) is 17.4 Å².